The molecule has 1 aromatic carbocycles. The average molecular weight is 206 g/mol. The van der Waals surface area contributed by atoms with Crippen molar-refractivity contribution in [1.29, 1.82) is 0 Å². The zero-order valence-electron chi connectivity index (χ0n) is 8.67. The van der Waals surface area contributed by atoms with E-state index in [-0.39, 0.29) is 0 Å². The van der Waals surface area contributed by atoms with Crippen LogP contribution < -0.4 is 21.0 Å². The Bertz CT molecular complexity index is 624. The molecule has 76 valence electrons. The molecular weight excluding hydrogens is 196 g/mol. The lowest BCUT2D eigenvalue weighted by Crippen LogP contribution is -2.29. The minimum Gasteiger partial charge on any atom is -0.264 e. The zero-order valence-corrected chi connectivity index (χ0v) is 8.67. The molecule has 2 heteroatoms. The lowest BCUT2D eigenvalue weighted by Gasteiger charge is -1.93. The molecule has 0 bridgehead atoms. The Labute approximate surface area is 92.6 Å². The van der Waals surface area contributed by atoms with Crippen molar-refractivity contribution in [1.82, 2.24) is 4.98 Å². The van der Waals surface area contributed by atoms with Crippen molar-refractivity contribution < 1.29 is 0 Å². The maximum atomic E-state index is 4.47. The predicted octanol–water partition coefficient (Wildman–Crippen LogP) is -0.286. The third kappa shape index (κ3) is 1.54. The number of hydrogen-bond donors (Lipinski definition) is 0. The maximum absolute atomic E-state index is 4.47. The van der Waals surface area contributed by atoms with Crippen molar-refractivity contribution in [2.24, 2.45) is 4.99 Å². The van der Waals surface area contributed by atoms with Crippen LogP contribution in [0.2, 0.25) is 0 Å². The number of fused-ring (bicyclic) bond motifs is 2. The molecule has 2 heterocycles. The SMILES string of the molecule is C1=c2/cccc/c2=C/N=c2/ccnc/c2=C/1. The van der Waals surface area contributed by atoms with Gasteiger partial charge in [-0.2, -0.15) is 0 Å². The van der Waals surface area contributed by atoms with Crippen LogP contribution in [0.3, 0.4) is 0 Å². The van der Waals surface area contributed by atoms with Gasteiger partial charge in [-0.25, -0.2) is 0 Å². The third-order valence-corrected chi connectivity index (χ3v) is 2.61. The zero-order chi connectivity index (χ0) is 10.8. The first kappa shape index (κ1) is 9.04. The number of aromatic nitrogens is 1. The van der Waals surface area contributed by atoms with Gasteiger partial charge in [0.1, 0.15) is 0 Å². The van der Waals surface area contributed by atoms with Crippen LogP contribution in [-0.4, -0.2) is 4.98 Å². The van der Waals surface area contributed by atoms with Gasteiger partial charge in [-0.3, -0.25) is 9.98 Å². The molecule has 0 N–H and O–H groups in total. The first-order valence-electron chi connectivity index (χ1n) is 5.19. The largest absolute Gasteiger partial charge is 0.264 e. The summed E-state index contributed by atoms with van der Waals surface area (Å²) in [5, 5.41) is 4.33. The molecular formula is C14H10N2. The van der Waals surface area contributed by atoms with Gasteiger partial charge in [-0.05, 0) is 16.5 Å². The van der Waals surface area contributed by atoms with Crippen molar-refractivity contribution in [3.8, 4) is 0 Å². The Morgan fingerprint density at radius 3 is 2.56 bits per heavy atom. The van der Waals surface area contributed by atoms with Crippen LogP contribution in [0.25, 0.3) is 18.4 Å². The maximum Gasteiger partial charge on any atom is 0.0732 e. The first-order chi connectivity index (χ1) is 7.93. The molecule has 0 spiro atoms. The van der Waals surface area contributed by atoms with Crippen LogP contribution in [0.5, 0.6) is 0 Å². The second-order valence-electron chi connectivity index (χ2n) is 3.65. The molecule has 0 fully saturated rings. The number of pyridine rings is 1. The molecule has 16 heavy (non-hydrogen) atoms. The molecule has 1 aliphatic rings. The fourth-order valence-electron chi connectivity index (χ4n) is 1.74. The van der Waals surface area contributed by atoms with E-state index in [1.54, 1.807) is 6.20 Å². The summed E-state index contributed by atoms with van der Waals surface area (Å²) in [7, 11) is 0. The number of benzene rings is 1. The van der Waals surface area contributed by atoms with Crippen molar-refractivity contribution in [2.45, 2.75) is 0 Å². The summed E-state index contributed by atoms with van der Waals surface area (Å²) in [6.45, 7) is 0. The first-order valence-corrected chi connectivity index (χ1v) is 5.19. The summed E-state index contributed by atoms with van der Waals surface area (Å²) in [5.41, 5.74) is 0. The van der Waals surface area contributed by atoms with Crippen molar-refractivity contribution in [3.05, 3.63) is 63.7 Å². The Balaban J connectivity index is 2.45. The van der Waals surface area contributed by atoms with Gasteiger partial charge in [0.15, 0.2) is 0 Å². The highest BCUT2D eigenvalue weighted by Gasteiger charge is 1.88. The van der Waals surface area contributed by atoms with E-state index in [0.29, 0.717) is 0 Å². The van der Waals surface area contributed by atoms with E-state index >= 15 is 0 Å². The molecule has 2 nitrogen and oxygen atoms in total. The Morgan fingerprint density at radius 2 is 1.62 bits per heavy atom. The van der Waals surface area contributed by atoms with Gasteiger partial charge in [-0.1, -0.05) is 36.4 Å². The summed E-state index contributed by atoms with van der Waals surface area (Å²) >= 11 is 0. The molecule has 1 aromatic heterocycles. The lowest BCUT2D eigenvalue weighted by atomic mass is 10.2. The fourth-order valence-corrected chi connectivity index (χ4v) is 1.74. The predicted molar refractivity (Wildman–Crippen MR) is 64.1 cm³/mol. The topological polar surface area (TPSA) is 25.2 Å². The van der Waals surface area contributed by atoms with Crippen LogP contribution in [0.15, 0.2) is 47.7 Å². The molecule has 0 radical (unpaired) electrons. The van der Waals surface area contributed by atoms with Gasteiger partial charge < -0.3 is 0 Å². The summed E-state index contributed by atoms with van der Waals surface area (Å²) in [6, 6.07) is 10.1. The van der Waals surface area contributed by atoms with E-state index < -0.39 is 0 Å². The van der Waals surface area contributed by atoms with Crippen LogP contribution >= 0.6 is 0 Å². The Morgan fingerprint density at radius 1 is 0.812 bits per heavy atom. The second kappa shape index (κ2) is 3.74. The standard InChI is InChI=1S/C14H10N2/c1-2-4-12-10-16-14-7-8-15-9-13(14)6-5-11(12)3-1/h1-10H/b6-5?,11-5-,12-10-,13-6-,16-10?,16-14-. The molecule has 3 rings (SSSR count). The molecule has 0 amide bonds. The molecule has 1 aliphatic heterocycles. The van der Waals surface area contributed by atoms with Gasteiger partial charge in [0.2, 0.25) is 0 Å². The summed E-state index contributed by atoms with van der Waals surface area (Å²) in [4.78, 5) is 8.57. The molecule has 0 saturated heterocycles. The monoisotopic (exact) mass is 206 g/mol. The molecule has 0 saturated carbocycles. The van der Waals surface area contributed by atoms with Gasteiger partial charge >= 0.3 is 0 Å². The quantitative estimate of drug-likeness (QED) is 0.581. The molecule has 0 aliphatic carbocycles. The summed E-state index contributed by atoms with van der Waals surface area (Å²) in [6.07, 6.45) is 9.64. The molecule has 2 aromatic rings. The average Bonchev–Trinajstić information content (AvgIpc) is 2.32. The highest BCUT2D eigenvalue weighted by atomic mass is 14.7. The number of nitrogens with zero attached hydrogens (tertiary/aromatic N) is 2. The van der Waals surface area contributed by atoms with E-state index in [2.05, 4.69) is 34.3 Å². The third-order valence-electron chi connectivity index (χ3n) is 2.61. The Hall–Kier alpha value is -2.22. The smallest absolute Gasteiger partial charge is 0.0732 e. The van der Waals surface area contributed by atoms with E-state index in [4.69, 9.17) is 0 Å². The Kier molecular flexibility index (Phi) is 2.11. The lowest BCUT2D eigenvalue weighted by molar-refractivity contribution is 1.22. The van der Waals surface area contributed by atoms with Crippen molar-refractivity contribution >= 4 is 18.4 Å². The fraction of sp³-hybridized carbons (Fsp3) is 0. The van der Waals surface area contributed by atoms with Crippen LogP contribution in [-0.2, 0) is 0 Å². The van der Waals surface area contributed by atoms with Gasteiger partial charge in [0.05, 0.1) is 5.36 Å². The van der Waals surface area contributed by atoms with Crippen LogP contribution in [0.1, 0.15) is 0 Å². The highest BCUT2D eigenvalue weighted by Crippen LogP contribution is 1.78. The van der Waals surface area contributed by atoms with Crippen molar-refractivity contribution in [3.63, 3.8) is 0 Å². The van der Waals surface area contributed by atoms with E-state index in [1.165, 1.54) is 5.22 Å². The van der Waals surface area contributed by atoms with E-state index in [1.807, 2.05) is 30.6 Å². The number of rotatable bonds is 0. The van der Waals surface area contributed by atoms with Gasteiger partial charge in [0.25, 0.3) is 0 Å². The van der Waals surface area contributed by atoms with Crippen molar-refractivity contribution in [2.75, 3.05) is 0 Å². The molecule has 0 unspecified atom stereocenters. The van der Waals surface area contributed by atoms with E-state index in [9.17, 15) is 0 Å². The summed E-state index contributed by atoms with van der Waals surface area (Å²) in [5.74, 6) is 0. The van der Waals surface area contributed by atoms with Gasteiger partial charge in [-0.15, -0.1) is 0 Å². The van der Waals surface area contributed by atoms with Crippen LogP contribution in [0.4, 0.5) is 0 Å². The van der Waals surface area contributed by atoms with Crippen LogP contribution in [0, 0.1) is 0 Å². The minimum absolute atomic E-state index is 0.959. The second-order valence-corrected chi connectivity index (χ2v) is 3.65. The minimum atomic E-state index is 0.959. The van der Waals surface area contributed by atoms with E-state index in [0.717, 1.165) is 15.8 Å². The highest BCUT2D eigenvalue weighted by molar-refractivity contribution is 5.61. The number of hydrogen-bond acceptors (Lipinski definition) is 2. The summed E-state index contributed by atoms with van der Waals surface area (Å²) < 4.78 is 0. The van der Waals surface area contributed by atoms with Gasteiger partial charge in [0, 0.05) is 23.8 Å². The molecule has 0 atom stereocenters. The normalized spacial score (nSPS) is 21.0.